The number of aliphatic hydroxyl groups is 1. The maximum absolute atomic E-state index is 12.7. The van der Waals surface area contributed by atoms with Crippen LogP contribution < -0.4 is 14.8 Å². The number of rotatable bonds is 8. The highest BCUT2D eigenvalue weighted by Gasteiger charge is 2.39. The molecule has 2 aromatic rings. The lowest BCUT2D eigenvalue weighted by atomic mass is 9.90. The zero-order valence-electron chi connectivity index (χ0n) is 17.1. The molecule has 2 aliphatic rings. The van der Waals surface area contributed by atoms with Crippen LogP contribution in [0, 0.1) is 5.92 Å². The lowest BCUT2D eigenvalue weighted by molar-refractivity contribution is -0.123. The normalized spacial score (nSPS) is 21.3. The zero-order chi connectivity index (χ0) is 20.4. The molecular weight excluding hydrogens is 366 g/mol. The van der Waals surface area contributed by atoms with Gasteiger partial charge in [0.05, 0.1) is 20.8 Å². The fraction of sp³-hybridized carbons (Fsp3) is 0.458. The zero-order valence-corrected chi connectivity index (χ0v) is 17.1. The van der Waals surface area contributed by atoms with Gasteiger partial charge in [-0.3, -0.25) is 4.79 Å². The Morgan fingerprint density at radius 2 is 1.86 bits per heavy atom. The Kier molecular flexibility index (Phi) is 5.50. The molecule has 2 unspecified atom stereocenters. The van der Waals surface area contributed by atoms with E-state index in [9.17, 15) is 9.90 Å². The van der Waals surface area contributed by atoms with Gasteiger partial charge in [0, 0.05) is 6.42 Å². The molecule has 1 amide bonds. The molecule has 2 aromatic carbocycles. The Morgan fingerprint density at radius 1 is 1.17 bits per heavy atom. The van der Waals surface area contributed by atoms with Gasteiger partial charge < -0.3 is 19.9 Å². The summed E-state index contributed by atoms with van der Waals surface area (Å²) in [5, 5.41) is 14.2. The number of carbonyl (C=O) groups is 1. The molecule has 0 saturated heterocycles. The number of benzene rings is 2. The van der Waals surface area contributed by atoms with Crippen LogP contribution in [-0.4, -0.2) is 31.8 Å². The van der Waals surface area contributed by atoms with Gasteiger partial charge in [0.15, 0.2) is 11.5 Å². The molecule has 5 heteroatoms. The third-order valence-electron chi connectivity index (χ3n) is 6.32. The number of hydrogen-bond acceptors (Lipinski definition) is 4. The van der Waals surface area contributed by atoms with Crippen molar-refractivity contribution in [2.45, 2.75) is 43.6 Å². The van der Waals surface area contributed by atoms with Gasteiger partial charge >= 0.3 is 0 Å². The Labute approximate surface area is 172 Å². The first-order valence-corrected chi connectivity index (χ1v) is 10.3. The first-order chi connectivity index (χ1) is 14.0. The van der Waals surface area contributed by atoms with E-state index in [1.807, 2.05) is 30.3 Å². The molecule has 4 rings (SSSR count). The third kappa shape index (κ3) is 4.10. The minimum Gasteiger partial charge on any atom is -0.493 e. The summed E-state index contributed by atoms with van der Waals surface area (Å²) >= 11 is 0. The molecule has 0 heterocycles. The van der Waals surface area contributed by atoms with Crippen LogP contribution in [0.15, 0.2) is 42.5 Å². The first-order valence-electron chi connectivity index (χ1n) is 10.3. The Bertz CT molecular complexity index is 878. The van der Waals surface area contributed by atoms with Crippen molar-refractivity contribution in [3.8, 4) is 11.5 Å². The van der Waals surface area contributed by atoms with Gasteiger partial charge in [0.2, 0.25) is 5.91 Å². The van der Waals surface area contributed by atoms with Crippen LogP contribution in [-0.2, 0) is 16.8 Å². The van der Waals surface area contributed by atoms with E-state index in [-0.39, 0.29) is 18.4 Å². The number of ether oxygens (including phenoxy) is 2. The van der Waals surface area contributed by atoms with E-state index in [0.717, 1.165) is 17.5 Å². The van der Waals surface area contributed by atoms with Crippen LogP contribution in [0.1, 0.15) is 48.3 Å². The summed E-state index contributed by atoms with van der Waals surface area (Å²) in [7, 11) is 3.19. The van der Waals surface area contributed by atoms with Crippen molar-refractivity contribution in [2.75, 3.05) is 20.8 Å². The molecule has 2 atom stereocenters. The van der Waals surface area contributed by atoms with Crippen molar-refractivity contribution in [2.24, 2.45) is 5.92 Å². The summed E-state index contributed by atoms with van der Waals surface area (Å²) < 4.78 is 10.8. The summed E-state index contributed by atoms with van der Waals surface area (Å²) in [5.74, 6) is 2.10. The van der Waals surface area contributed by atoms with Crippen molar-refractivity contribution in [1.82, 2.24) is 5.32 Å². The third-order valence-corrected chi connectivity index (χ3v) is 6.32. The topological polar surface area (TPSA) is 67.8 Å². The highest BCUT2D eigenvalue weighted by atomic mass is 16.5. The standard InChI is InChI=1S/C24H29NO4/c1-28-21-12-18-10-11-24(27,20(18)14-22(21)29-2)15-25-23(26)13-19(17-8-9-17)16-6-4-3-5-7-16/h3-7,12,14,17,19,27H,8-11,13,15H2,1-2H3,(H,25,26). The molecule has 0 aromatic heterocycles. The van der Waals surface area contributed by atoms with E-state index in [1.54, 1.807) is 14.2 Å². The van der Waals surface area contributed by atoms with Crippen molar-refractivity contribution in [1.29, 1.82) is 0 Å². The summed E-state index contributed by atoms with van der Waals surface area (Å²) in [4.78, 5) is 12.7. The quantitative estimate of drug-likeness (QED) is 0.717. The minimum atomic E-state index is -1.08. The summed E-state index contributed by atoms with van der Waals surface area (Å²) in [6.07, 6.45) is 4.15. The average molecular weight is 395 g/mol. The molecule has 1 fully saturated rings. The van der Waals surface area contributed by atoms with E-state index < -0.39 is 5.60 Å². The maximum atomic E-state index is 12.7. The molecule has 0 spiro atoms. The van der Waals surface area contributed by atoms with Gasteiger partial charge in [0.25, 0.3) is 0 Å². The summed E-state index contributed by atoms with van der Waals surface area (Å²) in [6, 6.07) is 14.0. The average Bonchev–Trinajstić information content (AvgIpc) is 3.54. The molecule has 5 nitrogen and oxygen atoms in total. The van der Waals surface area contributed by atoms with Gasteiger partial charge in [0.1, 0.15) is 5.60 Å². The molecular formula is C24H29NO4. The Balaban J connectivity index is 1.43. The maximum Gasteiger partial charge on any atom is 0.220 e. The summed E-state index contributed by atoms with van der Waals surface area (Å²) in [5.41, 5.74) is 2.01. The largest absolute Gasteiger partial charge is 0.493 e. The molecule has 29 heavy (non-hydrogen) atoms. The fourth-order valence-corrected chi connectivity index (χ4v) is 4.49. The first kappa shape index (κ1) is 19.8. The molecule has 2 N–H and O–H groups in total. The molecule has 1 saturated carbocycles. The van der Waals surface area contributed by atoms with Crippen molar-refractivity contribution in [3.63, 3.8) is 0 Å². The van der Waals surface area contributed by atoms with Crippen LogP contribution in [0.4, 0.5) is 0 Å². The van der Waals surface area contributed by atoms with E-state index in [2.05, 4.69) is 17.4 Å². The molecule has 154 valence electrons. The highest BCUT2D eigenvalue weighted by Crippen LogP contribution is 2.45. The van der Waals surface area contributed by atoms with Crippen LogP contribution in [0.25, 0.3) is 0 Å². The van der Waals surface area contributed by atoms with Gasteiger partial charge in [-0.05, 0) is 66.3 Å². The lowest BCUT2D eigenvalue weighted by Crippen LogP contribution is -2.39. The van der Waals surface area contributed by atoms with E-state index >= 15 is 0 Å². The number of nitrogens with one attached hydrogen (secondary N) is 1. The number of amides is 1. The second-order valence-corrected chi connectivity index (χ2v) is 8.23. The Morgan fingerprint density at radius 3 is 2.52 bits per heavy atom. The molecule has 0 aliphatic heterocycles. The van der Waals surface area contributed by atoms with E-state index in [1.165, 1.54) is 18.4 Å². The van der Waals surface area contributed by atoms with Gasteiger partial charge in [-0.2, -0.15) is 0 Å². The Hall–Kier alpha value is -2.53. The van der Waals surface area contributed by atoms with Crippen LogP contribution >= 0.6 is 0 Å². The number of aryl methyl sites for hydroxylation is 1. The van der Waals surface area contributed by atoms with Crippen LogP contribution in [0.2, 0.25) is 0 Å². The number of hydrogen-bond donors (Lipinski definition) is 2. The van der Waals surface area contributed by atoms with Crippen LogP contribution in [0.3, 0.4) is 0 Å². The minimum absolute atomic E-state index is 0.00638. The number of methoxy groups -OCH3 is 2. The van der Waals surface area contributed by atoms with Gasteiger partial charge in [-0.15, -0.1) is 0 Å². The number of fused-ring (bicyclic) bond motifs is 1. The van der Waals surface area contributed by atoms with E-state index in [0.29, 0.717) is 30.3 Å². The smallest absolute Gasteiger partial charge is 0.220 e. The molecule has 2 aliphatic carbocycles. The molecule has 0 bridgehead atoms. The predicted octanol–water partition coefficient (Wildman–Crippen LogP) is 3.54. The van der Waals surface area contributed by atoms with Crippen molar-refractivity contribution in [3.05, 3.63) is 59.2 Å². The second kappa shape index (κ2) is 8.07. The van der Waals surface area contributed by atoms with E-state index in [4.69, 9.17) is 9.47 Å². The SMILES string of the molecule is COc1cc2c(cc1OC)C(O)(CNC(=O)CC(c1ccccc1)C1CC1)CC2. The van der Waals surface area contributed by atoms with Crippen LogP contribution in [0.5, 0.6) is 11.5 Å². The monoisotopic (exact) mass is 395 g/mol. The van der Waals surface area contributed by atoms with Crippen molar-refractivity contribution < 1.29 is 19.4 Å². The fourth-order valence-electron chi connectivity index (χ4n) is 4.49. The summed E-state index contributed by atoms with van der Waals surface area (Å²) in [6.45, 7) is 0.209. The molecule has 0 radical (unpaired) electrons. The predicted molar refractivity (Wildman–Crippen MR) is 111 cm³/mol. The highest BCUT2D eigenvalue weighted by molar-refractivity contribution is 5.77. The lowest BCUT2D eigenvalue weighted by Gasteiger charge is -2.26. The van der Waals surface area contributed by atoms with Gasteiger partial charge in [-0.25, -0.2) is 0 Å². The van der Waals surface area contributed by atoms with Gasteiger partial charge in [-0.1, -0.05) is 30.3 Å². The number of carbonyl (C=O) groups excluding carboxylic acids is 1. The second-order valence-electron chi connectivity index (χ2n) is 8.23. The van der Waals surface area contributed by atoms with Crippen molar-refractivity contribution >= 4 is 5.91 Å².